The maximum atomic E-state index is 12.9. The van der Waals surface area contributed by atoms with E-state index in [9.17, 15) is 14.0 Å². The Hall–Kier alpha value is -2.93. The van der Waals surface area contributed by atoms with Crippen molar-refractivity contribution >= 4 is 17.5 Å². The van der Waals surface area contributed by atoms with Gasteiger partial charge in [-0.15, -0.1) is 0 Å². The zero-order valence-electron chi connectivity index (χ0n) is 16.8. The van der Waals surface area contributed by atoms with Crippen LogP contribution in [0.25, 0.3) is 0 Å². The number of aryl methyl sites for hydroxylation is 2. The molecule has 1 aliphatic rings. The zero-order valence-corrected chi connectivity index (χ0v) is 16.8. The number of rotatable bonds is 6. The highest BCUT2D eigenvalue weighted by molar-refractivity contribution is 5.91. The van der Waals surface area contributed by atoms with Crippen LogP contribution < -0.4 is 15.0 Å². The van der Waals surface area contributed by atoms with Crippen molar-refractivity contribution in [3.8, 4) is 5.75 Å². The number of nitrogens with one attached hydrogen (secondary N) is 2. The van der Waals surface area contributed by atoms with Crippen LogP contribution in [-0.4, -0.2) is 56.0 Å². The fourth-order valence-electron chi connectivity index (χ4n) is 3.47. The number of halogens is 1. The first kappa shape index (κ1) is 20.8. The highest BCUT2D eigenvalue weighted by Crippen LogP contribution is 2.22. The first-order chi connectivity index (χ1) is 13.9. The minimum atomic E-state index is -0.337. The summed E-state index contributed by atoms with van der Waals surface area (Å²) in [5, 5.41) is 2.77. The molecule has 2 N–H and O–H groups in total. The SMILES string of the molecule is Cc1cccc(C)c1OCC(=O)N1CC[NH+](CC(=O)Nc2ccc(F)cc2)CC1. The van der Waals surface area contributed by atoms with E-state index < -0.39 is 0 Å². The van der Waals surface area contributed by atoms with Crippen LogP contribution in [0, 0.1) is 19.7 Å². The lowest BCUT2D eigenvalue weighted by molar-refractivity contribution is -0.895. The Bertz CT molecular complexity index is 842. The summed E-state index contributed by atoms with van der Waals surface area (Å²) in [7, 11) is 0. The van der Waals surface area contributed by atoms with Crippen LogP contribution in [0.4, 0.5) is 10.1 Å². The van der Waals surface area contributed by atoms with Crippen LogP contribution in [0.1, 0.15) is 11.1 Å². The molecule has 0 bridgehead atoms. The van der Waals surface area contributed by atoms with E-state index in [0.29, 0.717) is 38.4 Å². The molecule has 1 aliphatic heterocycles. The minimum absolute atomic E-state index is 0.0199. The number of ether oxygens (including phenoxy) is 1. The normalized spacial score (nSPS) is 14.5. The van der Waals surface area contributed by atoms with Gasteiger partial charge in [0.25, 0.3) is 11.8 Å². The number of benzene rings is 2. The third kappa shape index (κ3) is 5.77. The summed E-state index contributed by atoms with van der Waals surface area (Å²) in [4.78, 5) is 27.6. The number of carbonyl (C=O) groups excluding carboxylic acids is 2. The molecule has 0 unspecified atom stereocenters. The average molecular weight is 400 g/mol. The van der Waals surface area contributed by atoms with Gasteiger partial charge in [0.05, 0.1) is 26.2 Å². The van der Waals surface area contributed by atoms with Gasteiger partial charge in [0.2, 0.25) is 0 Å². The quantitative estimate of drug-likeness (QED) is 0.766. The molecule has 0 saturated carbocycles. The first-order valence-electron chi connectivity index (χ1n) is 9.78. The van der Waals surface area contributed by atoms with Gasteiger partial charge in [-0.05, 0) is 49.2 Å². The zero-order chi connectivity index (χ0) is 20.8. The van der Waals surface area contributed by atoms with Crippen LogP contribution in [0.15, 0.2) is 42.5 Å². The summed E-state index contributed by atoms with van der Waals surface area (Å²) in [5.74, 6) is 0.269. The van der Waals surface area contributed by atoms with Crippen molar-refractivity contribution in [1.82, 2.24) is 4.90 Å². The van der Waals surface area contributed by atoms with E-state index in [-0.39, 0.29) is 24.2 Å². The molecule has 2 amide bonds. The molecule has 1 saturated heterocycles. The van der Waals surface area contributed by atoms with Gasteiger partial charge >= 0.3 is 0 Å². The fourth-order valence-corrected chi connectivity index (χ4v) is 3.47. The van der Waals surface area contributed by atoms with Gasteiger partial charge in [-0.25, -0.2) is 4.39 Å². The monoisotopic (exact) mass is 400 g/mol. The number of para-hydroxylation sites is 1. The lowest BCUT2D eigenvalue weighted by Gasteiger charge is -2.31. The molecule has 7 heteroatoms. The summed E-state index contributed by atoms with van der Waals surface area (Å²) in [5.41, 5.74) is 2.60. The van der Waals surface area contributed by atoms with Crippen LogP contribution in [0.3, 0.4) is 0 Å². The molecule has 1 fully saturated rings. The predicted molar refractivity (Wildman–Crippen MR) is 109 cm³/mol. The number of amides is 2. The topological polar surface area (TPSA) is 63.1 Å². The Morgan fingerprint density at radius 2 is 1.69 bits per heavy atom. The molecule has 0 aliphatic carbocycles. The van der Waals surface area contributed by atoms with Crippen molar-refractivity contribution in [3.63, 3.8) is 0 Å². The van der Waals surface area contributed by atoms with Crippen molar-refractivity contribution in [2.24, 2.45) is 0 Å². The van der Waals surface area contributed by atoms with Crippen LogP contribution in [-0.2, 0) is 9.59 Å². The van der Waals surface area contributed by atoms with Gasteiger partial charge in [0, 0.05) is 5.69 Å². The lowest BCUT2D eigenvalue weighted by atomic mass is 10.1. The van der Waals surface area contributed by atoms with Gasteiger partial charge in [-0.3, -0.25) is 9.59 Å². The second-order valence-electron chi connectivity index (χ2n) is 7.37. The molecule has 6 nitrogen and oxygen atoms in total. The van der Waals surface area contributed by atoms with Crippen molar-refractivity contribution in [3.05, 3.63) is 59.4 Å². The summed E-state index contributed by atoms with van der Waals surface area (Å²) in [6, 6.07) is 11.6. The Morgan fingerprint density at radius 1 is 1.07 bits per heavy atom. The Balaban J connectivity index is 1.42. The second kappa shape index (κ2) is 9.52. The summed E-state index contributed by atoms with van der Waals surface area (Å²) < 4.78 is 18.7. The van der Waals surface area contributed by atoms with Gasteiger partial charge < -0.3 is 19.9 Å². The van der Waals surface area contributed by atoms with E-state index in [1.54, 1.807) is 4.90 Å². The molecule has 1 heterocycles. The number of hydrogen-bond acceptors (Lipinski definition) is 3. The number of nitrogens with zero attached hydrogens (tertiary/aromatic N) is 1. The van der Waals surface area contributed by atoms with E-state index in [4.69, 9.17) is 4.74 Å². The second-order valence-corrected chi connectivity index (χ2v) is 7.37. The van der Waals surface area contributed by atoms with E-state index in [1.807, 2.05) is 32.0 Å². The summed E-state index contributed by atoms with van der Waals surface area (Å²) in [6.45, 7) is 6.85. The molecule has 0 atom stereocenters. The average Bonchev–Trinajstić information content (AvgIpc) is 2.70. The number of quaternary nitrogens is 1. The number of hydrogen-bond donors (Lipinski definition) is 2. The highest BCUT2D eigenvalue weighted by atomic mass is 19.1. The van der Waals surface area contributed by atoms with Crippen LogP contribution in [0.2, 0.25) is 0 Å². The Kier molecular flexibility index (Phi) is 6.82. The van der Waals surface area contributed by atoms with E-state index in [0.717, 1.165) is 21.8 Å². The third-order valence-corrected chi connectivity index (χ3v) is 5.11. The molecule has 0 radical (unpaired) electrons. The van der Waals surface area contributed by atoms with Crippen LogP contribution in [0.5, 0.6) is 5.75 Å². The Labute approximate surface area is 170 Å². The maximum Gasteiger partial charge on any atom is 0.279 e. The number of anilines is 1. The first-order valence-corrected chi connectivity index (χ1v) is 9.78. The lowest BCUT2D eigenvalue weighted by Crippen LogP contribution is -3.15. The smallest absolute Gasteiger partial charge is 0.279 e. The third-order valence-electron chi connectivity index (χ3n) is 5.11. The van der Waals surface area contributed by atoms with Gasteiger partial charge in [-0.1, -0.05) is 18.2 Å². The molecule has 3 rings (SSSR count). The minimum Gasteiger partial charge on any atom is -0.483 e. The maximum absolute atomic E-state index is 12.9. The summed E-state index contributed by atoms with van der Waals surface area (Å²) >= 11 is 0. The van der Waals surface area contributed by atoms with Crippen molar-refractivity contribution in [1.29, 1.82) is 0 Å². The van der Waals surface area contributed by atoms with Gasteiger partial charge in [-0.2, -0.15) is 0 Å². The molecular weight excluding hydrogens is 373 g/mol. The molecule has 0 aromatic heterocycles. The molecule has 29 heavy (non-hydrogen) atoms. The standard InChI is InChI=1S/C22H26FN3O3/c1-16-4-3-5-17(2)22(16)29-15-21(28)26-12-10-25(11-13-26)14-20(27)24-19-8-6-18(23)7-9-19/h3-9H,10-15H2,1-2H3,(H,24,27)/p+1. The number of piperazine rings is 1. The van der Waals surface area contributed by atoms with Crippen LogP contribution >= 0.6 is 0 Å². The molecule has 2 aromatic rings. The van der Waals surface area contributed by atoms with E-state index >= 15 is 0 Å². The molecular formula is C22H27FN3O3+. The van der Waals surface area contributed by atoms with E-state index in [2.05, 4.69) is 5.32 Å². The van der Waals surface area contributed by atoms with Gasteiger partial charge in [0.1, 0.15) is 11.6 Å². The fraction of sp³-hybridized carbons (Fsp3) is 0.364. The molecule has 0 spiro atoms. The van der Waals surface area contributed by atoms with E-state index in [1.165, 1.54) is 24.3 Å². The largest absolute Gasteiger partial charge is 0.483 e. The van der Waals surface area contributed by atoms with Gasteiger partial charge in [0.15, 0.2) is 13.2 Å². The van der Waals surface area contributed by atoms with Crippen molar-refractivity contribution in [2.75, 3.05) is 44.6 Å². The number of carbonyl (C=O) groups is 2. The molecule has 154 valence electrons. The summed E-state index contributed by atoms with van der Waals surface area (Å²) in [6.07, 6.45) is 0. The van der Waals surface area contributed by atoms with Crippen molar-refractivity contribution < 1.29 is 23.6 Å². The van der Waals surface area contributed by atoms with Crippen molar-refractivity contribution in [2.45, 2.75) is 13.8 Å². The Morgan fingerprint density at radius 3 is 2.31 bits per heavy atom. The molecule has 2 aromatic carbocycles. The predicted octanol–water partition coefficient (Wildman–Crippen LogP) is 1.19. The highest BCUT2D eigenvalue weighted by Gasteiger charge is 2.25.